The zero-order valence-electron chi connectivity index (χ0n) is 11.5. The Morgan fingerprint density at radius 3 is 2.67 bits per heavy atom. The molecule has 18 heavy (non-hydrogen) atoms. The first-order valence-corrected chi connectivity index (χ1v) is 6.65. The average Bonchev–Trinajstić information content (AvgIpc) is 3.09. The van der Waals surface area contributed by atoms with E-state index in [0.717, 1.165) is 17.6 Å². The van der Waals surface area contributed by atoms with Crippen molar-refractivity contribution in [2.45, 2.75) is 19.4 Å². The quantitative estimate of drug-likeness (QED) is 0.754. The van der Waals surface area contributed by atoms with Gasteiger partial charge in [0.1, 0.15) is 12.4 Å². The van der Waals surface area contributed by atoms with Crippen LogP contribution in [-0.2, 0) is 4.74 Å². The third kappa shape index (κ3) is 3.03. The molecule has 100 valence electrons. The van der Waals surface area contributed by atoms with E-state index in [-0.39, 0.29) is 0 Å². The van der Waals surface area contributed by atoms with Gasteiger partial charge in [0, 0.05) is 18.7 Å². The molecule has 0 spiro atoms. The van der Waals surface area contributed by atoms with Gasteiger partial charge in [-0.2, -0.15) is 0 Å². The van der Waals surface area contributed by atoms with Crippen molar-refractivity contribution in [1.82, 2.24) is 5.32 Å². The highest BCUT2D eigenvalue weighted by atomic mass is 16.5. The van der Waals surface area contributed by atoms with Gasteiger partial charge in [0.05, 0.1) is 6.61 Å². The number of benzene rings is 1. The summed E-state index contributed by atoms with van der Waals surface area (Å²) in [5.41, 5.74) is 1.27. The highest BCUT2D eigenvalue weighted by Crippen LogP contribution is 2.48. The molecule has 1 aromatic carbocycles. The molecule has 1 aromatic rings. The van der Waals surface area contributed by atoms with E-state index >= 15 is 0 Å². The fraction of sp³-hybridized carbons (Fsp3) is 0.600. The van der Waals surface area contributed by atoms with Crippen molar-refractivity contribution in [2.75, 3.05) is 27.4 Å². The van der Waals surface area contributed by atoms with Crippen molar-refractivity contribution in [3.8, 4) is 5.75 Å². The van der Waals surface area contributed by atoms with E-state index in [1.807, 2.05) is 19.2 Å². The van der Waals surface area contributed by atoms with E-state index in [1.54, 1.807) is 7.11 Å². The summed E-state index contributed by atoms with van der Waals surface area (Å²) in [4.78, 5) is 0. The van der Waals surface area contributed by atoms with Crippen LogP contribution >= 0.6 is 0 Å². The normalized spacial score (nSPS) is 23.7. The van der Waals surface area contributed by atoms with E-state index in [1.165, 1.54) is 12.0 Å². The summed E-state index contributed by atoms with van der Waals surface area (Å²) in [6, 6.07) is 8.71. The summed E-state index contributed by atoms with van der Waals surface area (Å²) in [7, 11) is 3.72. The molecule has 2 rings (SSSR count). The second-order valence-corrected chi connectivity index (χ2v) is 5.02. The molecule has 0 amide bonds. The van der Waals surface area contributed by atoms with Crippen LogP contribution in [0.4, 0.5) is 0 Å². The number of hydrogen-bond acceptors (Lipinski definition) is 3. The molecule has 0 bridgehead atoms. The maximum Gasteiger partial charge on any atom is 0.124 e. The van der Waals surface area contributed by atoms with Gasteiger partial charge < -0.3 is 14.8 Å². The molecule has 1 aliphatic carbocycles. The Kier molecular flexibility index (Phi) is 4.61. The number of nitrogens with one attached hydrogen (secondary N) is 1. The van der Waals surface area contributed by atoms with Gasteiger partial charge in [0.15, 0.2) is 0 Å². The third-order valence-electron chi connectivity index (χ3n) is 3.71. The van der Waals surface area contributed by atoms with Crippen molar-refractivity contribution < 1.29 is 9.47 Å². The average molecular weight is 249 g/mol. The molecule has 0 heterocycles. The lowest BCUT2D eigenvalue weighted by Gasteiger charge is -2.20. The molecule has 0 radical (unpaired) electrons. The number of methoxy groups -OCH3 is 1. The van der Waals surface area contributed by atoms with Gasteiger partial charge in [-0.3, -0.25) is 0 Å². The molecule has 1 aliphatic rings. The molecular formula is C15H23NO2. The summed E-state index contributed by atoms with van der Waals surface area (Å²) in [5, 5.41) is 3.43. The standard InChI is InChI=1S/C15H23NO2/c1-11-10-13(11)15(16-2)12-6-4-5-7-14(12)18-9-8-17-3/h4-7,11,13,15-16H,8-10H2,1-3H3. The minimum atomic E-state index is 0.402. The first-order valence-electron chi connectivity index (χ1n) is 6.65. The molecule has 3 atom stereocenters. The Labute approximate surface area is 109 Å². The zero-order chi connectivity index (χ0) is 13.0. The van der Waals surface area contributed by atoms with Crippen LogP contribution in [0, 0.1) is 11.8 Å². The summed E-state index contributed by atoms with van der Waals surface area (Å²) in [6.45, 7) is 3.53. The van der Waals surface area contributed by atoms with E-state index in [4.69, 9.17) is 9.47 Å². The first kappa shape index (κ1) is 13.4. The molecule has 3 nitrogen and oxygen atoms in total. The number of hydrogen-bond donors (Lipinski definition) is 1. The lowest BCUT2D eigenvalue weighted by molar-refractivity contribution is 0.145. The number of ether oxygens (including phenoxy) is 2. The van der Waals surface area contributed by atoms with Crippen LogP contribution in [-0.4, -0.2) is 27.4 Å². The Morgan fingerprint density at radius 2 is 2.06 bits per heavy atom. The summed E-state index contributed by atoms with van der Waals surface area (Å²) < 4.78 is 10.8. The van der Waals surface area contributed by atoms with Gasteiger partial charge in [-0.15, -0.1) is 0 Å². The van der Waals surface area contributed by atoms with E-state index in [9.17, 15) is 0 Å². The fourth-order valence-corrected chi connectivity index (χ4v) is 2.52. The molecule has 3 heteroatoms. The summed E-state index contributed by atoms with van der Waals surface area (Å²) in [6.07, 6.45) is 1.30. The monoisotopic (exact) mass is 249 g/mol. The van der Waals surface area contributed by atoms with Gasteiger partial charge in [0.25, 0.3) is 0 Å². The number of para-hydroxylation sites is 1. The Balaban J connectivity index is 2.10. The fourth-order valence-electron chi connectivity index (χ4n) is 2.52. The molecule has 0 aromatic heterocycles. The summed E-state index contributed by atoms with van der Waals surface area (Å²) >= 11 is 0. The molecule has 1 fully saturated rings. The minimum Gasteiger partial charge on any atom is -0.491 e. The van der Waals surface area contributed by atoms with Crippen molar-refractivity contribution >= 4 is 0 Å². The van der Waals surface area contributed by atoms with E-state index in [2.05, 4.69) is 24.4 Å². The largest absolute Gasteiger partial charge is 0.491 e. The lowest BCUT2D eigenvalue weighted by atomic mass is 10.0. The molecule has 3 unspecified atom stereocenters. The van der Waals surface area contributed by atoms with Crippen LogP contribution in [0.15, 0.2) is 24.3 Å². The van der Waals surface area contributed by atoms with Crippen LogP contribution in [0.2, 0.25) is 0 Å². The second kappa shape index (κ2) is 6.21. The van der Waals surface area contributed by atoms with Crippen molar-refractivity contribution in [2.24, 2.45) is 11.8 Å². The first-order chi connectivity index (χ1) is 8.77. The molecule has 1 N–H and O–H groups in total. The highest BCUT2D eigenvalue weighted by Gasteiger charge is 2.40. The van der Waals surface area contributed by atoms with Crippen LogP contribution in [0.5, 0.6) is 5.75 Å². The van der Waals surface area contributed by atoms with E-state index in [0.29, 0.717) is 19.3 Å². The van der Waals surface area contributed by atoms with Crippen molar-refractivity contribution in [1.29, 1.82) is 0 Å². The third-order valence-corrected chi connectivity index (χ3v) is 3.71. The van der Waals surface area contributed by atoms with Crippen LogP contribution in [0.3, 0.4) is 0 Å². The maximum absolute atomic E-state index is 5.81. The molecule has 0 saturated heterocycles. The van der Waals surface area contributed by atoms with Crippen molar-refractivity contribution in [3.05, 3.63) is 29.8 Å². The van der Waals surface area contributed by atoms with Gasteiger partial charge in [-0.05, 0) is 31.4 Å². The van der Waals surface area contributed by atoms with Crippen LogP contribution in [0.1, 0.15) is 24.9 Å². The molecule has 0 aliphatic heterocycles. The minimum absolute atomic E-state index is 0.402. The van der Waals surface area contributed by atoms with Crippen LogP contribution in [0.25, 0.3) is 0 Å². The molecular weight excluding hydrogens is 226 g/mol. The maximum atomic E-state index is 5.81. The lowest BCUT2D eigenvalue weighted by Crippen LogP contribution is -2.20. The van der Waals surface area contributed by atoms with E-state index < -0.39 is 0 Å². The predicted molar refractivity (Wildman–Crippen MR) is 72.9 cm³/mol. The Bertz CT molecular complexity index is 381. The van der Waals surface area contributed by atoms with Gasteiger partial charge >= 0.3 is 0 Å². The Hall–Kier alpha value is -1.06. The topological polar surface area (TPSA) is 30.5 Å². The van der Waals surface area contributed by atoms with Gasteiger partial charge in [0.2, 0.25) is 0 Å². The zero-order valence-corrected chi connectivity index (χ0v) is 11.5. The van der Waals surface area contributed by atoms with Crippen LogP contribution < -0.4 is 10.1 Å². The predicted octanol–water partition coefficient (Wildman–Crippen LogP) is 2.63. The Morgan fingerprint density at radius 1 is 1.33 bits per heavy atom. The highest BCUT2D eigenvalue weighted by molar-refractivity contribution is 5.37. The van der Waals surface area contributed by atoms with Crippen molar-refractivity contribution in [3.63, 3.8) is 0 Å². The smallest absolute Gasteiger partial charge is 0.124 e. The van der Waals surface area contributed by atoms with Gasteiger partial charge in [-0.25, -0.2) is 0 Å². The van der Waals surface area contributed by atoms with Gasteiger partial charge in [-0.1, -0.05) is 25.1 Å². The number of rotatable bonds is 7. The molecule has 1 saturated carbocycles. The SMILES string of the molecule is CNC(c1ccccc1OCCOC)C1CC1C. The summed E-state index contributed by atoms with van der Waals surface area (Å²) in [5.74, 6) is 2.53. The second-order valence-electron chi connectivity index (χ2n) is 5.02.